The number of sulfonamides is 2. The molecule has 1 aliphatic carbocycles. The Morgan fingerprint density at radius 1 is 0.932 bits per heavy atom. The molecule has 1 heterocycles. The highest BCUT2D eigenvalue weighted by molar-refractivity contribution is 7.93. The number of amides is 1. The summed E-state index contributed by atoms with van der Waals surface area (Å²) in [5.41, 5.74) is 2.17. The summed E-state index contributed by atoms with van der Waals surface area (Å²) in [7, 11) is -8.00. The standard InChI is InChI=1S/C30H36N6O6S2/c1-20(17-21-7-3-2-4-8-21)31-19-22-9-5-6-10-26(22)36-43(39,40)24-13-11-23(12-14-24)35-44(41,42)25-15-16-27-28(18-25)33-29(32-27)34-30(37)38/h5-6,9-16,18,20-21,31,35-36H,2-4,7-8,17,19H2,1H3,(H,37,38)(H2,32,33,34)/t20-/m0/s1. The number of H-pyrrole nitrogens is 1. The summed E-state index contributed by atoms with van der Waals surface area (Å²) < 4.78 is 57.6. The average Bonchev–Trinajstić information content (AvgIpc) is 3.38. The van der Waals surface area contributed by atoms with E-state index in [0.29, 0.717) is 29.3 Å². The molecule has 6 N–H and O–H groups in total. The topological polar surface area (TPSA) is 182 Å². The molecule has 1 fully saturated rings. The molecule has 14 heteroatoms. The highest BCUT2D eigenvalue weighted by atomic mass is 32.2. The van der Waals surface area contributed by atoms with Gasteiger partial charge in [-0.25, -0.2) is 26.6 Å². The van der Waals surface area contributed by atoms with E-state index in [0.717, 1.165) is 17.9 Å². The van der Waals surface area contributed by atoms with Gasteiger partial charge in [0.05, 0.1) is 26.5 Å². The smallest absolute Gasteiger partial charge is 0.411 e. The summed E-state index contributed by atoms with van der Waals surface area (Å²) in [5, 5.41) is 14.5. The summed E-state index contributed by atoms with van der Waals surface area (Å²) in [6.45, 7) is 2.69. The Kier molecular flexibility index (Phi) is 9.42. The summed E-state index contributed by atoms with van der Waals surface area (Å²) in [6.07, 6.45) is 6.27. The zero-order chi connectivity index (χ0) is 31.3. The quantitative estimate of drug-likeness (QED) is 0.114. The number of rotatable bonds is 12. The largest absolute Gasteiger partial charge is 0.465 e. The lowest BCUT2D eigenvalue weighted by molar-refractivity contribution is 0.209. The summed E-state index contributed by atoms with van der Waals surface area (Å²) in [4.78, 5) is 17.5. The van der Waals surface area contributed by atoms with E-state index in [1.807, 2.05) is 12.1 Å². The number of hydrogen-bond acceptors (Lipinski definition) is 7. The lowest BCUT2D eigenvalue weighted by Crippen LogP contribution is -2.29. The predicted octanol–water partition coefficient (Wildman–Crippen LogP) is 5.70. The Balaban J connectivity index is 1.23. The average molecular weight is 641 g/mol. The van der Waals surface area contributed by atoms with Gasteiger partial charge in [0.15, 0.2) is 0 Å². The molecule has 3 aromatic carbocycles. The van der Waals surface area contributed by atoms with Crippen molar-refractivity contribution in [3.63, 3.8) is 0 Å². The van der Waals surface area contributed by atoms with Crippen LogP contribution in [0.3, 0.4) is 0 Å². The predicted molar refractivity (Wildman–Crippen MR) is 170 cm³/mol. The zero-order valence-electron chi connectivity index (χ0n) is 24.2. The van der Waals surface area contributed by atoms with Gasteiger partial charge in [0.25, 0.3) is 20.0 Å². The highest BCUT2D eigenvalue weighted by Crippen LogP contribution is 2.28. The maximum Gasteiger partial charge on any atom is 0.411 e. The second kappa shape index (κ2) is 13.2. The Labute approximate surface area is 256 Å². The highest BCUT2D eigenvalue weighted by Gasteiger charge is 2.20. The third-order valence-corrected chi connectivity index (χ3v) is 10.5. The molecule has 44 heavy (non-hydrogen) atoms. The van der Waals surface area contributed by atoms with Crippen molar-refractivity contribution in [3.05, 3.63) is 72.3 Å². The molecule has 1 atom stereocenters. The minimum Gasteiger partial charge on any atom is -0.465 e. The molecule has 12 nitrogen and oxygen atoms in total. The van der Waals surface area contributed by atoms with E-state index < -0.39 is 26.1 Å². The number of aromatic amines is 1. The van der Waals surface area contributed by atoms with Crippen molar-refractivity contribution in [2.45, 2.75) is 67.8 Å². The molecule has 1 aliphatic rings. The minimum absolute atomic E-state index is 0.0220. The van der Waals surface area contributed by atoms with Crippen LogP contribution in [0.4, 0.5) is 22.1 Å². The van der Waals surface area contributed by atoms with Crippen LogP contribution in [-0.4, -0.2) is 44.0 Å². The zero-order valence-corrected chi connectivity index (χ0v) is 25.8. The van der Waals surface area contributed by atoms with E-state index >= 15 is 0 Å². The van der Waals surface area contributed by atoms with Gasteiger partial charge in [0.2, 0.25) is 5.95 Å². The van der Waals surface area contributed by atoms with Crippen LogP contribution in [0.25, 0.3) is 11.0 Å². The van der Waals surface area contributed by atoms with Gasteiger partial charge >= 0.3 is 6.09 Å². The Morgan fingerprint density at radius 3 is 2.34 bits per heavy atom. The molecule has 0 bridgehead atoms. The minimum atomic E-state index is -4.05. The summed E-state index contributed by atoms with van der Waals surface area (Å²) in [6, 6.07) is 17.1. The van der Waals surface area contributed by atoms with Crippen LogP contribution in [0.15, 0.2) is 76.5 Å². The first kappa shape index (κ1) is 31.3. The Bertz CT molecular complexity index is 1840. The van der Waals surface area contributed by atoms with E-state index in [4.69, 9.17) is 5.11 Å². The number of nitrogens with zero attached hydrogens (tertiary/aromatic N) is 1. The van der Waals surface area contributed by atoms with Crippen molar-refractivity contribution in [1.29, 1.82) is 0 Å². The molecule has 4 aromatic rings. The molecule has 0 radical (unpaired) electrons. The summed E-state index contributed by atoms with van der Waals surface area (Å²) >= 11 is 0. The molecule has 1 amide bonds. The fourth-order valence-corrected chi connectivity index (χ4v) is 7.69. The number of anilines is 3. The van der Waals surface area contributed by atoms with Crippen LogP contribution in [0.5, 0.6) is 0 Å². The van der Waals surface area contributed by atoms with Gasteiger partial charge in [0.1, 0.15) is 0 Å². The fourth-order valence-electron chi connectivity index (χ4n) is 5.50. The number of hydrogen-bond donors (Lipinski definition) is 6. The molecular formula is C30H36N6O6S2. The molecule has 5 rings (SSSR count). The molecular weight excluding hydrogens is 605 g/mol. The molecule has 1 saturated carbocycles. The number of nitrogens with one attached hydrogen (secondary N) is 5. The Hall–Kier alpha value is -4.14. The lowest BCUT2D eigenvalue weighted by Gasteiger charge is -2.25. The number of aromatic nitrogens is 2. The fraction of sp³-hybridized carbons (Fsp3) is 0.333. The lowest BCUT2D eigenvalue weighted by atomic mass is 9.85. The van der Waals surface area contributed by atoms with E-state index in [9.17, 15) is 21.6 Å². The molecule has 0 aliphatic heterocycles. The van der Waals surface area contributed by atoms with Gasteiger partial charge in [-0.05, 0) is 73.4 Å². The normalized spacial score (nSPS) is 15.1. The number of para-hydroxylation sites is 1. The van der Waals surface area contributed by atoms with Gasteiger partial charge < -0.3 is 15.4 Å². The maximum atomic E-state index is 13.2. The van der Waals surface area contributed by atoms with Crippen LogP contribution in [0, 0.1) is 5.92 Å². The van der Waals surface area contributed by atoms with E-state index in [1.54, 1.807) is 12.1 Å². The monoisotopic (exact) mass is 640 g/mol. The van der Waals surface area contributed by atoms with Crippen molar-refractivity contribution in [1.82, 2.24) is 15.3 Å². The van der Waals surface area contributed by atoms with E-state index in [1.165, 1.54) is 74.6 Å². The number of carboxylic acid groups (broad SMARTS) is 1. The first-order chi connectivity index (χ1) is 21.0. The van der Waals surface area contributed by atoms with E-state index in [2.05, 4.69) is 37.0 Å². The third kappa shape index (κ3) is 7.87. The van der Waals surface area contributed by atoms with Crippen molar-refractivity contribution in [2.24, 2.45) is 5.92 Å². The first-order valence-electron chi connectivity index (χ1n) is 14.5. The number of carbonyl (C=O) groups is 1. The van der Waals surface area contributed by atoms with Crippen LogP contribution < -0.4 is 20.1 Å². The summed E-state index contributed by atoms with van der Waals surface area (Å²) in [5.74, 6) is 0.701. The first-order valence-corrected chi connectivity index (χ1v) is 17.4. The van der Waals surface area contributed by atoms with Gasteiger partial charge in [-0.15, -0.1) is 0 Å². The van der Waals surface area contributed by atoms with Crippen LogP contribution in [0.1, 0.15) is 51.0 Å². The molecule has 1 aromatic heterocycles. The number of fused-ring (bicyclic) bond motifs is 1. The van der Waals surface area contributed by atoms with Gasteiger partial charge in [-0.2, -0.15) is 0 Å². The maximum absolute atomic E-state index is 13.2. The van der Waals surface area contributed by atoms with Crippen molar-refractivity contribution >= 4 is 54.5 Å². The van der Waals surface area contributed by atoms with Crippen LogP contribution in [-0.2, 0) is 26.6 Å². The molecule has 0 unspecified atom stereocenters. The van der Waals surface area contributed by atoms with Gasteiger partial charge in [0, 0.05) is 18.3 Å². The van der Waals surface area contributed by atoms with Crippen molar-refractivity contribution in [3.8, 4) is 0 Å². The van der Waals surface area contributed by atoms with E-state index in [-0.39, 0.29) is 21.4 Å². The molecule has 234 valence electrons. The molecule has 0 spiro atoms. The van der Waals surface area contributed by atoms with Crippen molar-refractivity contribution in [2.75, 3.05) is 14.8 Å². The van der Waals surface area contributed by atoms with Crippen molar-refractivity contribution < 1.29 is 26.7 Å². The second-order valence-electron chi connectivity index (χ2n) is 11.1. The van der Waals surface area contributed by atoms with Gasteiger partial charge in [-0.3, -0.25) is 14.8 Å². The van der Waals surface area contributed by atoms with Crippen LogP contribution >= 0.6 is 0 Å². The SMILES string of the molecule is C[C@@H](CC1CCCCC1)NCc1ccccc1NS(=O)(=O)c1ccc(NS(=O)(=O)c2ccc3nc(NC(=O)O)[nH]c3c2)cc1. The number of benzene rings is 3. The van der Waals surface area contributed by atoms with Gasteiger partial charge in [-0.1, -0.05) is 50.3 Å². The molecule has 0 saturated heterocycles. The second-order valence-corrected chi connectivity index (χ2v) is 14.5. The third-order valence-electron chi connectivity index (χ3n) is 7.72. The van der Waals surface area contributed by atoms with Crippen LogP contribution in [0.2, 0.25) is 0 Å². The Morgan fingerprint density at radius 2 is 1.61 bits per heavy atom. The number of imidazole rings is 1.